The molecule has 3 atom stereocenters. The highest BCUT2D eigenvalue weighted by Crippen LogP contribution is 2.21. The largest absolute Gasteiger partial charge is 0.343 e. The first-order chi connectivity index (χ1) is 9.94. The van der Waals surface area contributed by atoms with Crippen molar-refractivity contribution in [3.8, 4) is 0 Å². The molecule has 5 heteroatoms. The van der Waals surface area contributed by atoms with Crippen LogP contribution >= 0.6 is 0 Å². The van der Waals surface area contributed by atoms with Gasteiger partial charge in [0, 0.05) is 39.1 Å². The minimum atomic E-state index is -0.159. The van der Waals surface area contributed by atoms with E-state index in [4.69, 9.17) is 0 Å². The summed E-state index contributed by atoms with van der Waals surface area (Å²) in [6.45, 7) is 12.8. The number of nitrogens with one attached hydrogen (secondary N) is 1. The Labute approximate surface area is 129 Å². The summed E-state index contributed by atoms with van der Waals surface area (Å²) in [5, 5.41) is 3.50. The number of hydrogen-bond donors (Lipinski definition) is 1. The van der Waals surface area contributed by atoms with Gasteiger partial charge >= 0.3 is 0 Å². The number of nitrogens with zero attached hydrogens (tertiary/aromatic N) is 2. The third-order valence-corrected chi connectivity index (χ3v) is 4.61. The molecule has 21 heavy (non-hydrogen) atoms. The van der Waals surface area contributed by atoms with Crippen LogP contribution in [0.25, 0.3) is 0 Å². The van der Waals surface area contributed by atoms with Crippen molar-refractivity contribution in [2.24, 2.45) is 5.92 Å². The third-order valence-electron chi connectivity index (χ3n) is 4.61. The number of hydrogen-bond acceptors (Lipinski definition) is 3. The van der Waals surface area contributed by atoms with Crippen molar-refractivity contribution in [1.82, 2.24) is 15.1 Å². The second-order valence-electron chi connectivity index (χ2n) is 5.93. The van der Waals surface area contributed by atoms with E-state index in [0.717, 1.165) is 39.0 Å². The highest BCUT2D eigenvalue weighted by Gasteiger charge is 2.31. The molecule has 1 fully saturated rings. The Kier molecular flexibility index (Phi) is 7.15. The average molecular weight is 297 g/mol. The minimum Gasteiger partial charge on any atom is -0.343 e. The number of amides is 2. The molecule has 0 radical (unpaired) electrons. The number of likely N-dealkylation sites (tertiary alicyclic amines) is 1. The molecule has 0 aromatic carbocycles. The normalized spacial score (nSPS) is 23.8. The summed E-state index contributed by atoms with van der Waals surface area (Å²) in [4.78, 5) is 27.6. The molecule has 5 nitrogen and oxygen atoms in total. The van der Waals surface area contributed by atoms with E-state index in [1.807, 2.05) is 30.6 Å². The van der Waals surface area contributed by atoms with Crippen LogP contribution in [-0.2, 0) is 9.59 Å². The SMILES string of the molecule is CC[C@@H]1CN(C(C)=O)CC[C@@H]1N[C@@H](C)C(=O)N(CC)CC. The molecule has 0 unspecified atom stereocenters. The summed E-state index contributed by atoms with van der Waals surface area (Å²) in [5.41, 5.74) is 0. The zero-order valence-corrected chi connectivity index (χ0v) is 14.2. The molecule has 1 aliphatic heterocycles. The second-order valence-corrected chi connectivity index (χ2v) is 5.93. The number of rotatable bonds is 6. The van der Waals surface area contributed by atoms with Crippen LogP contribution in [-0.4, -0.2) is 59.9 Å². The van der Waals surface area contributed by atoms with Gasteiger partial charge in [-0.25, -0.2) is 0 Å². The topological polar surface area (TPSA) is 52.7 Å². The minimum absolute atomic E-state index is 0.152. The molecule has 0 aromatic heterocycles. The van der Waals surface area contributed by atoms with Gasteiger partial charge in [0.25, 0.3) is 0 Å². The van der Waals surface area contributed by atoms with Crippen LogP contribution < -0.4 is 5.32 Å². The Bertz CT molecular complexity index is 355. The second kappa shape index (κ2) is 8.37. The fourth-order valence-corrected chi connectivity index (χ4v) is 3.15. The van der Waals surface area contributed by atoms with Crippen molar-refractivity contribution in [2.45, 2.75) is 59.5 Å². The summed E-state index contributed by atoms with van der Waals surface area (Å²) >= 11 is 0. The zero-order valence-electron chi connectivity index (χ0n) is 14.2. The lowest BCUT2D eigenvalue weighted by molar-refractivity contribution is -0.134. The number of likely N-dealkylation sites (N-methyl/N-ethyl adjacent to an activating group) is 1. The molecule has 1 saturated heterocycles. The van der Waals surface area contributed by atoms with Crippen molar-refractivity contribution < 1.29 is 9.59 Å². The molecule has 1 aliphatic rings. The van der Waals surface area contributed by atoms with E-state index in [-0.39, 0.29) is 17.9 Å². The Morgan fingerprint density at radius 3 is 2.38 bits per heavy atom. The maximum atomic E-state index is 12.3. The Hall–Kier alpha value is -1.10. The molecule has 0 spiro atoms. The third kappa shape index (κ3) is 4.70. The molecule has 0 saturated carbocycles. The van der Waals surface area contributed by atoms with Gasteiger partial charge < -0.3 is 15.1 Å². The van der Waals surface area contributed by atoms with Gasteiger partial charge in [-0.05, 0) is 33.1 Å². The Morgan fingerprint density at radius 1 is 1.29 bits per heavy atom. The van der Waals surface area contributed by atoms with E-state index in [2.05, 4.69) is 12.2 Å². The van der Waals surface area contributed by atoms with Gasteiger partial charge in [-0.2, -0.15) is 0 Å². The smallest absolute Gasteiger partial charge is 0.239 e. The Balaban J connectivity index is 2.61. The molecule has 1 rings (SSSR count). The first-order valence-electron chi connectivity index (χ1n) is 8.24. The lowest BCUT2D eigenvalue weighted by Gasteiger charge is -2.39. The molecule has 0 aromatic rings. The number of piperidine rings is 1. The molecular formula is C16H31N3O2. The predicted molar refractivity (Wildman–Crippen MR) is 85.0 cm³/mol. The van der Waals surface area contributed by atoms with Crippen molar-refractivity contribution in [2.75, 3.05) is 26.2 Å². The van der Waals surface area contributed by atoms with Gasteiger partial charge in [-0.3, -0.25) is 9.59 Å². The first kappa shape index (κ1) is 18.0. The van der Waals surface area contributed by atoms with Gasteiger partial charge in [-0.1, -0.05) is 13.3 Å². The molecule has 0 aliphatic carbocycles. The van der Waals surface area contributed by atoms with E-state index in [9.17, 15) is 9.59 Å². The lowest BCUT2D eigenvalue weighted by atomic mass is 9.89. The molecule has 122 valence electrons. The fourth-order valence-electron chi connectivity index (χ4n) is 3.15. The summed E-state index contributed by atoms with van der Waals surface area (Å²) < 4.78 is 0. The van der Waals surface area contributed by atoms with Crippen molar-refractivity contribution in [3.63, 3.8) is 0 Å². The molecule has 1 heterocycles. The van der Waals surface area contributed by atoms with Crippen LogP contribution in [0.1, 0.15) is 47.5 Å². The van der Waals surface area contributed by atoms with Crippen LogP contribution in [0.4, 0.5) is 0 Å². The summed E-state index contributed by atoms with van der Waals surface area (Å²) in [5.74, 6) is 0.748. The molecule has 2 amide bonds. The number of carbonyl (C=O) groups is 2. The van der Waals surface area contributed by atoms with E-state index in [0.29, 0.717) is 12.0 Å². The van der Waals surface area contributed by atoms with Crippen LogP contribution in [0.3, 0.4) is 0 Å². The maximum Gasteiger partial charge on any atom is 0.239 e. The lowest BCUT2D eigenvalue weighted by Crippen LogP contribution is -2.55. The quantitative estimate of drug-likeness (QED) is 0.808. The van der Waals surface area contributed by atoms with Crippen LogP contribution in [0.5, 0.6) is 0 Å². The van der Waals surface area contributed by atoms with E-state index < -0.39 is 0 Å². The maximum absolute atomic E-state index is 12.3. The summed E-state index contributed by atoms with van der Waals surface area (Å²) in [6.07, 6.45) is 1.95. The standard InChI is InChI=1S/C16H31N3O2/c1-6-14-11-19(13(5)20)10-9-15(14)17-12(4)16(21)18(7-2)8-3/h12,14-15,17H,6-11H2,1-5H3/t12-,14+,15-/m0/s1. The summed E-state index contributed by atoms with van der Waals surface area (Å²) in [7, 11) is 0. The van der Waals surface area contributed by atoms with Crippen molar-refractivity contribution in [1.29, 1.82) is 0 Å². The molecular weight excluding hydrogens is 266 g/mol. The zero-order chi connectivity index (χ0) is 16.0. The van der Waals surface area contributed by atoms with Crippen LogP contribution in [0, 0.1) is 5.92 Å². The Morgan fingerprint density at radius 2 is 1.90 bits per heavy atom. The van der Waals surface area contributed by atoms with Crippen molar-refractivity contribution >= 4 is 11.8 Å². The monoisotopic (exact) mass is 297 g/mol. The predicted octanol–water partition coefficient (Wildman–Crippen LogP) is 1.48. The first-order valence-corrected chi connectivity index (χ1v) is 8.24. The van der Waals surface area contributed by atoms with Gasteiger partial charge in [-0.15, -0.1) is 0 Å². The van der Waals surface area contributed by atoms with Gasteiger partial charge in [0.2, 0.25) is 11.8 Å². The highest BCUT2D eigenvalue weighted by atomic mass is 16.2. The molecule has 0 bridgehead atoms. The van der Waals surface area contributed by atoms with Crippen molar-refractivity contribution in [3.05, 3.63) is 0 Å². The fraction of sp³-hybridized carbons (Fsp3) is 0.875. The van der Waals surface area contributed by atoms with Gasteiger partial charge in [0.1, 0.15) is 0 Å². The van der Waals surface area contributed by atoms with Gasteiger partial charge in [0.15, 0.2) is 0 Å². The summed E-state index contributed by atoms with van der Waals surface area (Å²) in [6, 6.07) is 0.160. The molecule has 1 N–H and O–H groups in total. The highest BCUT2D eigenvalue weighted by molar-refractivity contribution is 5.81. The number of carbonyl (C=O) groups excluding carboxylic acids is 2. The van der Waals surface area contributed by atoms with Crippen LogP contribution in [0.15, 0.2) is 0 Å². The van der Waals surface area contributed by atoms with E-state index >= 15 is 0 Å². The average Bonchev–Trinajstić information content (AvgIpc) is 2.48. The van der Waals surface area contributed by atoms with E-state index in [1.54, 1.807) is 6.92 Å². The van der Waals surface area contributed by atoms with Crippen LogP contribution in [0.2, 0.25) is 0 Å². The van der Waals surface area contributed by atoms with Gasteiger partial charge in [0.05, 0.1) is 6.04 Å². The van der Waals surface area contributed by atoms with E-state index in [1.165, 1.54) is 0 Å².